The molecule has 3 aromatic heterocycles. The molecule has 5 rings (SSSR count). The molecule has 2 N–H and O–H groups in total. The summed E-state index contributed by atoms with van der Waals surface area (Å²) in [6.45, 7) is 6.87. The third kappa shape index (κ3) is 3.84. The summed E-state index contributed by atoms with van der Waals surface area (Å²) in [6.07, 6.45) is 6.26. The molecule has 1 fully saturated rings. The summed E-state index contributed by atoms with van der Waals surface area (Å²) < 4.78 is 6.30. The first kappa shape index (κ1) is 19.3. The zero-order valence-corrected chi connectivity index (χ0v) is 18.2. The Hall–Kier alpha value is -2.72. The van der Waals surface area contributed by atoms with Crippen LogP contribution in [0, 0.1) is 6.92 Å². The van der Waals surface area contributed by atoms with E-state index < -0.39 is 0 Å². The van der Waals surface area contributed by atoms with Gasteiger partial charge < -0.3 is 15.5 Å². The lowest BCUT2D eigenvalue weighted by Crippen LogP contribution is -2.36. The fraction of sp³-hybridized carbons (Fsp3) is 0.500. The van der Waals surface area contributed by atoms with Gasteiger partial charge in [0.1, 0.15) is 16.6 Å². The van der Waals surface area contributed by atoms with Crippen LogP contribution in [0.2, 0.25) is 0 Å². The first-order chi connectivity index (χ1) is 14.7. The van der Waals surface area contributed by atoms with Crippen molar-refractivity contribution >= 4 is 40.0 Å². The molecule has 0 bridgehead atoms. The first-order valence-electron chi connectivity index (χ1n) is 10.5. The topological polar surface area (TPSA) is 86.0 Å². The van der Waals surface area contributed by atoms with Crippen molar-refractivity contribution in [3.8, 4) is 0 Å². The Kier molecular flexibility index (Phi) is 5.26. The molecule has 0 aromatic carbocycles. The number of aromatic nitrogens is 4. The van der Waals surface area contributed by atoms with E-state index in [1.807, 2.05) is 35.9 Å². The van der Waals surface area contributed by atoms with Crippen molar-refractivity contribution in [3.63, 3.8) is 0 Å². The van der Waals surface area contributed by atoms with Crippen LogP contribution in [0.15, 0.2) is 23.4 Å². The summed E-state index contributed by atoms with van der Waals surface area (Å²) in [6, 6.07) is 4.16. The number of rotatable bonds is 4. The molecule has 0 saturated carbocycles. The average molecular weight is 426 g/mol. The first-order valence-corrected chi connectivity index (χ1v) is 11.2. The van der Waals surface area contributed by atoms with E-state index in [-0.39, 0.29) is 5.92 Å². The number of fused-ring (bicyclic) bond motifs is 1. The van der Waals surface area contributed by atoms with E-state index in [2.05, 4.69) is 42.2 Å². The van der Waals surface area contributed by atoms with Gasteiger partial charge in [0.25, 0.3) is 0 Å². The number of nitrogens with one attached hydrogen (secondary N) is 2. The third-order valence-corrected chi connectivity index (χ3v) is 6.38. The van der Waals surface area contributed by atoms with Crippen molar-refractivity contribution in [3.05, 3.63) is 29.6 Å². The lowest BCUT2D eigenvalue weighted by atomic mass is 10.0. The standard InChI is InChI=1S/C20H27N9S/c1-14-9-19(30-26-14)24-18-10-17(28-7-4-3-5-21-6-8-28)25-20-16(12-23-29(18)20)15-11-22-27(2)13-15/h9-12,15,21,24H,3-8,13H2,1-2H3. The number of hydrogen-bond acceptors (Lipinski definition) is 9. The van der Waals surface area contributed by atoms with Crippen LogP contribution >= 0.6 is 11.5 Å². The highest BCUT2D eigenvalue weighted by atomic mass is 32.1. The lowest BCUT2D eigenvalue weighted by Gasteiger charge is -2.27. The number of hydrogen-bond donors (Lipinski definition) is 2. The zero-order valence-electron chi connectivity index (χ0n) is 17.4. The Morgan fingerprint density at radius 1 is 1.20 bits per heavy atom. The van der Waals surface area contributed by atoms with Crippen molar-refractivity contribution in [2.75, 3.05) is 50.0 Å². The Bertz CT molecular complexity index is 1050. The highest BCUT2D eigenvalue weighted by Crippen LogP contribution is 2.30. The van der Waals surface area contributed by atoms with E-state index in [0.29, 0.717) is 0 Å². The van der Waals surface area contributed by atoms with Crippen molar-refractivity contribution in [1.82, 2.24) is 29.3 Å². The molecule has 0 spiro atoms. The van der Waals surface area contributed by atoms with Gasteiger partial charge in [-0.25, -0.2) is 4.98 Å². The van der Waals surface area contributed by atoms with Gasteiger partial charge in [0.05, 0.1) is 11.9 Å². The Morgan fingerprint density at radius 3 is 2.93 bits per heavy atom. The summed E-state index contributed by atoms with van der Waals surface area (Å²) in [5.74, 6) is 2.09. The predicted molar refractivity (Wildman–Crippen MR) is 121 cm³/mol. The van der Waals surface area contributed by atoms with Crippen molar-refractivity contribution in [2.24, 2.45) is 5.10 Å². The van der Waals surface area contributed by atoms with Gasteiger partial charge in [-0.2, -0.15) is 19.1 Å². The van der Waals surface area contributed by atoms with Crippen molar-refractivity contribution < 1.29 is 0 Å². The smallest absolute Gasteiger partial charge is 0.163 e. The molecule has 0 radical (unpaired) electrons. The maximum absolute atomic E-state index is 5.07. The van der Waals surface area contributed by atoms with Crippen molar-refractivity contribution in [2.45, 2.75) is 25.7 Å². The second kappa shape index (κ2) is 8.19. The van der Waals surface area contributed by atoms with Crippen LogP contribution in [-0.4, -0.2) is 70.0 Å². The van der Waals surface area contributed by atoms with Crippen LogP contribution in [0.25, 0.3) is 5.65 Å². The monoisotopic (exact) mass is 425 g/mol. The minimum Gasteiger partial charge on any atom is -0.355 e. The molecule has 1 unspecified atom stereocenters. The third-order valence-electron chi connectivity index (χ3n) is 5.58. The second-order valence-corrected chi connectivity index (χ2v) is 8.75. The SMILES string of the molecule is Cc1cc(Nc2cc(N3CCCCNCC3)nc3c(C4C=NN(C)C4)cnn23)sn1. The van der Waals surface area contributed by atoms with Gasteiger partial charge in [-0.15, -0.1) is 0 Å². The largest absolute Gasteiger partial charge is 0.355 e. The van der Waals surface area contributed by atoms with E-state index >= 15 is 0 Å². The Morgan fingerprint density at radius 2 is 2.13 bits per heavy atom. The Balaban J connectivity index is 1.57. The molecular weight excluding hydrogens is 398 g/mol. The van der Waals surface area contributed by atoms with E-state index in [0.717, 1.165) is 72.7 Å². The van der Waals surface area contributed by atoms with Crippen LogP contribution in [0.5, 0.6) is 0 Å². The molecule has 5 heterocycles. The summed E-state index contributed by atoms with van der Waals surface area (Å²) in [7, 11) is 1.99. The molecule has 0 amide bonds. The number of hydrazone groups is 1. The number of likely N-dealkylation sites (N-methyl/N-ethyl adjacent to an activating group) is 1. The van der Waals surface area contributed by atoms with E-state index in [1.54, 1.807) is 0 Å². The maximum atomic E-state index is 5.07. The molecule has 3 aromatic rings. The van der Waals surface area contributed by atoms with Crippen molar-refractivity contribution in [1.29, 1.82) is 0 Å². The van der Waals surface area contributed by atoms with Crippen LogP contribution < -0.4 is 15.5 Å². The molecule has 158 valence electrons. The molecule has 10 heteroatoms. The zero-order chi connectivity index (χ0) is 20.5. The van der Waals surface area contributed by atoms with Gasteiger partial charge in [-0.05, 0) is 43.9 Å². The minimum absolute atomic E-state index is 0.197. The maximum Gasteiger partial charge on any atom is 0.163 e. The summed E-state index contributed by atoms with van der Waals surface area (Å²) in [5.41, 5.74) is 3.01. The highest BCUT2D eigenvalue weighted by Gasteiger charge is 2.24. The van der Waals surface area contributed by atoms with Gasteiger partial charge >= 0.3 is 0 Å². The van der Waals surface area contributed by atoms with Crippen LogP contribution in [-0.2, 0) is 0 Å². The summed E-state index contributed by atoms with van der Waals surface area (Å²) in [5, 5.41) is 19.1. The van der Waals surface area contributed by atoms with Crippen LogP contribution in [0.1, 0.15) is 30.0 Å². The van der Waals surface area contributed by atoms with Gasteiger partial charge in [0, 0.05) is 57.0 Å². The van der Waals surface area contributed by atoms with Gasteiger partial charge in [0.2, 0.25) is 0 Å². The van der Waals surface area contributed by atoms with Gasteiger partial charge in [-0.3, -0.25) is 5.01 Å². The Labute approximate surface area is 180 Å². The molecule has 1 saturated heterocycles. The molecule has 30 heavy (non-hydrogen) atoms. The van der Waals surface area contributed by atoms with Crippen LogP contribution in [0.3, 0.4) is 0 Å². The number of anilines is 3. The van der Waals surface area contributed by atoms with E-state index in [9.17, 15) is 0 Å². The number of nitrogens with zero attached hydrogens (tertiary/aromatic N) is 7. The summed E-state index contributed by atoms with van der Waals surface area (Å²) in [4.78, 5) is 7.45. The number of aryl methyl sites for hydroxylation is 1. The van der Waals surface area contributed by atoms with Crippen LogP contribution in [0.4, 0.5) is 16.6 Å². The lowest BCUT2D eigenvalue weighted by molar-refractivity contribution is 0.381. The molecule has 9 nitrogen and oxygen atoms in total. The average Bonchev–Trinajstić information content (AvgIpc) is 3.41. The molecule has 1 atom stereocenters. The second-order valence-electron chi connectivity index (χ2n) is 7.95. The fourth-order valence-corrected chi connectivity index (χ4v) is 4.68. The fourth-order valence-electron chi connectivity index (χ4n) is 4.01. The van der Waals surface area contributed by atoms with Gasteiger partial charge in [-0.1, -0.05) is 0 Å². The molecule has 0 aliphatic carbocycles. The van der Waals surface area contributed by atoms with Gasteiger partial charge in [0.15, 0.2) is 5.65 Å². The van der Waals surface area contributed by atoms with E-state index in [1.165, 1.54) is 18.0 Å². The summed E-state index contributed by atoms with van der Waals surface area (Å²) >= 11 is 1.46. The quantitative estimate of drug-likeness (QED) is 0.664. The predicted octanol–water partition coefficient (Wildman–Crippen LogP) is 2.44. The minimum atomic E-state index is 0.197. The normalized spacial score (nSPS) is 20.0. The highest BCUT2D eigenvalue weighted by molar-refractivity contribution is 7.10. The molecular formula is C20H27N9S. The van der Waals surface area contributed by atoms with E-state index in [4.69, 9.17) is 4.98 Å². The molecule has 2 aliphatic heterocycles. The molecule has 2 aliphatic rings.